The maximum Gasteiger partial charge on any atom is 0.269 e. The van der Waals surface area contributed by atoms with Crippen molar-refractivity contribution in [3.8, 4) is 0 Å². The highest BCUT2D eigenvalue weighted by Gasteiger charge is 2.09. The minimum atomic E-state index is -0.364. The molecule has 0 bridgehead atoms. The highest BCUT2D eigenvalue weighted by atomic mass is 79.9. The van der Waals surface area contributed by atoms with Crippen LogP contribution < -0.4 is 10.9 Å². The fourth-order valence-electron chi connectivity index (χ4n) is 1.98. The molecule has 0 radical (unpaired) electrons. The lowest BCUT2D eigenvalue weighted by Gasteiger charge is -2.07. The summed E-state index contributed by atoms with van der Waals surface area (Å²) >= 11 is 3.30. The molecule has 2 amide bonds. The van der Waals surface area contributed by atoms with Crippen LogP contribution in [0.5, 0.6) is 0 Å². The lowest BCUT2D eigenvalue weighted by Crippen LogP contribution is -2.41. The number of carbonyl (C=O) groups excluding carboxylic acids is 2. The summed E-state index contributed by atoms with van der Waals surface area (Å²) in [5, 5.41) is 3.86. The molecule has 0 fully saturated rings. The summed E-state index contributed by atoms with van der Waals surface area (Å²) in [6.07, 6.45) is 3.09. The minimum Gasteiger partial charge on any atom is -0.339 e. The van der Waals surface area contributed by atoms with E-state index in [4.69, 9.17) is 4.52 Å². The summed E-state index contributed by atoms with van der Waals surface area (Å²) in [7, 11) is 0. The minimum absolute atomic E-state index is 0.256. The van der Waals surface area contributed by atoms with E-state index in [2.05, 4.69) is 36.9 Å². The molecular formula is C16H19BrN4O3. The van der Waals surface area contributed by atoms with Crippen molar-refractivity contribution in [2.24, 2.45) is 0 Å². The van der Waals surface area contributed by atoms with Crippen LogP contribution in [0.3, 0.4) is 0 Å². The summed E-state index contributed by atoms with van der Waals surface area (Å²) in [6, 6.07) is 6.84. The Balaban J connectivity index is 1.67. The summed E-state index contributed by atoms with van der Waals surface area (Å²) in [4.78, 5) is 27.8. The molecule has 2 N–H and O–H groups in total. The number of hydrogen-bond donors (Lipinski definition) is 2. The predicted octanol–water partition coefficient (Wildman–Crippen LogP) is 2.57. The fourth-order valence-corrected chi connectivity index (χ4v) is 2.24. The van der Waals surface area contributed by atoms with Gasteiger partial charge in [-0.05, 0) is 37.1 Å². The largest absolute Gasteiger partial charge is 0.339 e. The van der Waals surface area contributed by atoms with Crippen LogP contribution in [0.1, 0.15) is 48.3 Å². The molecule has 0 spiro atoms. The van der Waals surface area contributed by atoms with Gasteiger partial charge in [-0.2, -0.15) is 4.98 Å². The molecule has 1 aromatic heterocycles. The van der Waals surface area contributed by atoms with Gasteiger partial charge in [0.05, 0.1) is 0 Å². The van der Waals surface area contributed by atoms with Crippen molar-refractivity contribution in [1.82, 2.24) is 21.0 Å². The van der Waals surface area contributed by atoms with E-state index in [1.54, 1.807) is 24.3 Å². The molecular weight excluding hydrogens is 376 g/mol. The number of rotatable bonds is 7. The SMILES string of the molecule is CCCc1noc(CCCC(=O)NNC(=O)c2ccc(Br)cc2)n1. The zero-order chi connectivity index (χ0) is 17.4. The predicted molar refractivity (Wildman–Crippen MR) is 91.0 cm³/mol. The standard InChI is InChI=1S/C16H19BrN4O3/c1-2-4-13-18-15(24-21-13)6-3-5-14(22)19-20-16(23)11-7-9-12(17)10-8-11/h7-10H,2-6H2,1H3,(H,19,22)(H,20,23). The van der Waals surface area contributed by atoms with Crippen molar-refractivity contribution in [3.63, 3.8) is 0 Å². The van der Waals surface area contributed by atoms with Gasteiger partial charge in [-0.1, -0.05) is 28.0 Å². The number of aryl methyl sites for hydroxylation is 2. The molecule has 2 aromatic rings. The Morgan fingerprint density at radius 2 is 1.92 bits per heavy atom. The molecule has 1 aromatic carbocycles. The molecule has 8 heteroatoms. The maximum absolute atomic E-state index is 11.8. The number of carbonyl (C=O) groups is 2. The van der Waals surface area contributed by atoms with Gasteiger partial charge in [0.25, 0.3) is 5.91 Å². The van der Waals surface area contributed by atoms with E-state index >= 15 is 0 Å². The van der Waals surface area contributed by atoms with Gasteiger partial charge in [-0.25, -0.2) is 0 Å². The van der Waals surface area contributed by atoms with E-state index in [0.717, 1.165) is 17.3 Å². The highest BCUT2D eigenvalue weighted by molar-refractivity contribution is 9.10. The zero-order valence-corrected chi connectivity index (χ0v) is 14.9. The van der Waals surface area contributed by atoms with Crippen LogP contribution in [-0.4, -0.2) is 22.0 Å². The first kappa shape index (κ1) is 18.1. The lowest BCUT2D eigenvalue weighted by atomic mass is 10.2. The molecule has 0 aliphatic rings. The van der Waals surface area contributed by atoms with E-state index in [0.29, 0.717) is 30.1 Å². The van der Waals surface area contributed by atoms with E-state index in [1.807, 2.05) is 6.92 Å². The Labute approximate surface area is 148 Å². The number of nitrogens with zero attached hydrogens (tertiary/aromatic N) is 2. The molecule has 0 unspecified atom stereocenters. The first-order valence-corrected chi connectivity index (χ1v) is 8.54. The Morgan fingerprint density at radius 1 is 1.17 bits per heavy atom. The van der Waals surface area contributed by atoms with Gasteiger partial charge in [0.2, 0.25) is 11.8 Å². The molecule has 0 saturated carbocycles. The van der Waals surface area contributed by atoms with Crippen molar-refractivity contribution in [2.75, 3.05) is 0 Å². The monoisotopic (exact) mass is 394 g/mol. The molecule has 2 rings (SSSR count). The molecule has 7 nitrogen and oxygen atoms in total. The summed E-state index contributed by atoms with van der Waals surface area (Å²) < 4.78 is 5.98. The van der Waals surface area contributed by atoms with Crippen molar-refractivity contribution < 1.29 is 14.1 Å². The smallest absolute Gasteiger partial charge is 0.269 e. The second kappa shape index (κ2) is 9.17. The fraction of sp³-hybridized carbons (Fsp3) is 0.375. The van der Waals surface area contributed by atoms with Crippen LogP contribution >= 0.6 is 15.9 Å². The first-order valence-electron chi connectivity index (χ1n) is 7.74. The third kappa shape index (κ3) is 5.77. The van der Waals surface area contributed by atoms with E-state index in [1.165, 1.54) is 0 Å². The normalized spacial score (nSPS) is 10.4. The third-order valence-corrected chi connectivity index (χ3v) is 3.73. The van der Waals surface area contributed by atoms with Crippen molar-refractivity contribution >= 4 is 27.7 Å². The number of nitrogens with one attached hydrogen (secondary N) is 2. The van der Waals surface area contributed by atoms with Gasteiger partial charge in [0, 0.05) is 29.3 Å². The van der Waals surface area contributed by atoms with Crippen LogP contribution in [0.4, 0.5) is 0 Å². The average molecular weight is 395 g/mol. The Hall–Kier alpha value is -2.22. The lowest BCUT2D eigenvalue weighted by molar-refractivity contribution is -0.121. The number of hydrogen-bond acceptors (Lipinski definition) is 5. The Morgan fingerprint density at radius 3 is 2.62 bits per heavy atom. The number of hydrazine groups is 1. The Bertz CT molecular complexity index is 685. The number of benzene rings is 1. The molecule has 0 aliphatic carbocycles. The van der Waals surface area contributed by atoms with Gasteiger partial charge >= 0.3 is 0 Å². The van der Waals surface area contributed by atoms with Gasteiger partial charge in [0.1, 0.15) is 0 Å². The van der Waals surface area contributed by atoms with Gasteiger partial charge in [-0.15, -0.1) is 0 Å². The molecule has 128 valence electrons. The molecule has 0 aliphatic heterocycles. The summed E-state index contributed by atoms with van der Waals surface area (Å²) in [5.74, 6) is 0.592. The van der Waals surface area contributed by atoms with Crippen LogP contribution in [0, 0.1) is 0 Å². The van der Waals surface area contributed by atoms with Crippen LogP contribution in [0.15, 0.2) is 33.3 Å². The zero-order valence-electron chi connectivity index (χ0n) is 13.3. The van der Waals surface area contributed by atoms with Crippen LogP contribution in [0.2, 0.25) is 0 Å². The highest BCUT2D eigenvalue weighted by Crippen LogP contribution is 2.10. The number of halogens is 1. The summed E-state index contributed by atoms with van der Waals surface area (Å²) in [6.45, 7) is 2.04. The van der Waals surface area contributed by atoms with E-state index in [-0.39, 0.29) is 18.2 Å². The van der Waals surface area contributed by atoms with E-state index < -0.39 is 0 Å². The average Bonchev–Trinajstić information content (AvgIpc) is 3.01. The van der Waals surface area contributed by atoms with Gasteiger partial charge in [0.15, 0.2) is 5.82 Å². The topological polar surface area (TPSA) is 97.1 Å². The summed E-state index contributed by atoms with van der Waals surface area (Å²) in [5.41, 5.74) is 5.24. The number of aromatic nitrogens is 2. The van der Waals surface area contributed by atoms with Gasteiger partial charge < -0.3 is 4.52 Å². The van der Waals surface area contributed by atoms with E-state index in [9.17, 15) is 9.59 Å². The van der Waals surface area contributed by atoms with Crippen LogP contribution in [0.25, 0.3) is 0 Å². The van der Waals surface area contributed by atoms with Crippen molar-refractivity contribution in [3.05, 3.63) is 46.0 Å². The third-order valence-electron chi connectivity index (χ3n) is 3.20. The quantitative estimate of drug-likeness (QED) is 0.703. The van der Waals surface area contributed by atoms with Crippen molar-refractivity contribution in [2.45, 2.75) is 39.0 Å². The second-order valence-corrected chi connectivity index (χ2v) is 6.13. The second-order valence-electron chi connectivity index (χ2n) is 5.22. The molecule has 0 saturated heterocycles. The van der Waals surface area contributed by atoms with Gasteiger partial charge in [-0.3, -0.25) is 20.4 Å². The molecule has 1 heterocycles. The van der Waals surface area contributed by atoms with Crippen LogP contribution in [-0.2, 0) is 17.6 Å². The Kier molecular flexibility index (Phi) is 6.92. The van der Waals surface area contributed by atoms with Crippen molar-refractivity contribution in [1.29, 1.82) is 0 Å². The molecule has 0 atom stereocenters. The molecule has 24 heavy (non-hydrogen) atoms. The first-order chi connectivity index (χ1) is 11.6. The maximum atomic E-state index is 11.8. The number of amides is 2.